The van der Waals surface area contributed by atoms with Gasteiger partial charge in [-0.2, -0.15) is 0 Å². The Morgan fingerprint density at radius 2 is 1.89 bits per heavy atom. The second-order valence-corrected chi connectivity index (χ2v) is 7.38. The highest BCUT2D eigenvalue weighted by atomic mass is 16.2. The smallest absolute Gasteiger partial charge is 0.223 e. The zero-order chi connectivity index (χ0) is 13.9. The standard InChI is InChI=1S/C16H30N2O/c1-16(2,3)14-12-17-9-10-18(14)15(19)11-13-7-5-4-6-8-13/h13-14,17H,4-12H2,1-3H3/t14-/m1/s1. The van der Waals surface area contributed by atoms with Crippen LogP contribution in [-0.2, 0) is 4.79 Å². The molecule has 2 rings (SSSR count). The fourth-order valence-electron chi connectivity index (χ4n) is 3.53. The molecule has 1 atom stereocenters. The largest absolute Gasteiger partial charge is 0.337 e. The Labute approximate surface area is 118 Å². The Kier molecular flexibility index (Phi) is 4.88. The van der Waals surface area contributed by atoms with Crippen molar-refractivity contribution in [2.24, 2.45) is 11.3 Å². The maximum atomic E-state index is 12.6. The molecule has 1 saturated heterocycles. The van der Waals surface area contributed by atoms with E-state index < -0.39 is 0 Å². The zero-order valence-corrected chi connectivity index (χ0v) is 12.9. The summed E-state index contributed by atoms with van der Waals surface area (Å²) in [7, 11) is 0. The Morgan fingerprint density at radius 3 is 2.53 bits per heavy atom. The molecule has 3 heteroatoms. The average molecular weight is 266 g/mol. The van der Waals surface area contributed by atoms with Crippen LogP contribution in [0.5, 0.6) is 0 Å². The molecule has 1 N–H and O–H groups in total. The second-order valence-electron chi connectivity index (χ2n) is 7.38. The van der Waals surface area contributed by atoms with Crippen LogP contribution in [0.1, 0.15) is 59.3 Å². The van der Waals surface area contributed by atoms with E-state index >= 15 is 0 Å². The van der Waals surface area contributed by atoms with Gasteiger partial charge >= 0.3 is 0 Å². The van der Waals surface area contributed by atoms with Gasteiger partial charge in [-0.05, 0) is 24.2 Å². The van der Waals surface area contributed by atoms with Crippen molar-refractivity contribution in [3.63, 3.8) is 0 Å². The van der Waals surface area contributed by atoms with E-state index in [2.05, 4.69) is 31.0 Å². The van der Waals surface area contributed by atoms with Gasteiger partial charge in [0.05, 0.1) is 0 Å². The molecule has 2 fully saturated rings. The summed E-state index contributed by atoms with van der Waals surface area (Å²) in [5.41, 5.74) is 0.162. The van der Waals surface area contributed by atoms with Crippen LogP contribution in [0.2, 0.25) is 0 Å². The van der Waals surface area contributed by atoms with E-state index in [4.69, 9.17) is 0 Å². The fourth-order valence-corrected chi connectivity index (χ4v) is 3.53. The SMILES string of the molecule is CC(C)(C)[C@H]1CNCCN1C(=O)CC1CCCCC1. The quantitative estimate of drug-likeness (QED) is 0.833. The van der Waals surface area contributed by atoms with Crippen molar-refractivity contribution in [3.8, 4) is 0 Å². The first-order valence-corrected chi connectivity index (χ1v) is 7.98. The molecule has 1 saturated carbocycles. The topological polar surface area (TPSA) is 32.3 Å². The number of hydrogen-bond donors (Lipinski definition) is 1. The molecule has 3 nitrogen and oxygen atoms in total. The van der Waals surface area contributed by atoms with Crippen molar-refractivity contribution in [1.29, 1.82) is 0 Å². The molecule has 2 aliphatic rings. The normalized spacial score (nSPS) is 26.5. The number of carbonyl (C=O) groups excluding carboxylic acids is 1. The van der Waals surface area contributed by atoms with Crippen molar-refractivity contribution in [2.45, 2.75) is 65.3 Å². The molecule has 0 aromatic carbocycles. The molecule has 19 heavy (non-hydrogen) atoms. The first-order valence-electron chi connectivity index (χ1n) is 7.98. The van der Waals surface area contributed by atoms with E-state index in [1.807, 2.05) is 0 Å². The summed E-state index contributed by atoms with van der Waals surface area (Å²) in [6, 6.07) is 0.345. The Bertz CT molecular complexity index is 302. The number of nitrogens with one attached hydrogen (secondary N) is 1. The van der Waals surface area contributed by atoms with Crippen molar-refractivity contribution < 1.29 is 4.79 Å². The highest BCUT2D eigenvalue weighted by Crippen LogP contribution is 2.30. The maximum Gasteiger partial charge on any atom is 0.223 e. The van der Waals surface area contributed by atoms with Crippen LogP contribution in [0.3, 0.4) is 0 Å². The molecular formula is C16H30N2O. The molecular weight excluding hydrogens is 236 g/mol. The van der Waals surface area contributed by atoms with Crippen LogP contribution in [0.4, 0.5) is 0 Å². The van der Waals surface area contributed by atoms with Gasteiger partial charge in [-0.25, -0.2) is 0 Å². The number of hydrogen-bond acceptors (Lipinski definition) is 2. The summed E-state index contributed by atoms with van der Waals surface area (Å²) in [5, 5.41) is 3.44. The Morgan fingerprint density at radius 1 is 1.21 bits per heavy atom. The van der Waals surface area contributed by atoms with Crippen molar-refractivity contribution in [2.75, 3.05) is 19.6 Å². The van der Waals surface area contributed by atoms with Crippen molar-refractivity contribution in [1.82, 2.24) is 10.2 Å². The summed E-state index contributed by atoms with van der Waals surface area (Å²) in [6.07, 6.45) is 7.32. The predicted octanol–water partition coefficient (Wildman–Crippen LogP) is 2.80. The third-order valence-corrected chi connectivity index (χ3v) is 4.75. The molecule has 0 aromatic rings. The summed E-state index contributed by atoms with van der Waals surface area (Å²) >= 11 is 0. The molecule has 1 amide bonds. The van der Waals surface area contributed by atoms with Crippen LogP contribution >= 0.6 is 0 Å². The van der Waals surface area contributed by atoms with Crippen molar-refractivity contribution >= 4 is 5.91 Å². The molecule has 110 valence electrons. The lowest BCUT2D eigenvalue weighted by molar-refractivity contribution is -0.138. The third-order valence-electron chi connectivity index (χ3n) is 4.75. The van der Waals surface area contributed by atoms with Crippen LogP contribution in [0.15, 0.2) is 0 Å². The molecule has 0 bridgehead atoms. The van der Waals surface area contributed by atoms with Crippen LogP contribution in [-0.4, -0.2) is 36.5 Å². The van der Waals surface area contributed by atoms with E-state index in [0.717, 1.165) is 26.1 Å². The maximum absolute atomic E-state index is 12.6. The van der Waals surface area contributed by atoms with Gasteiger partial charge in [0.25, 0.3) is 0 Å². The minimum atomic E-state index is 0.162. The van der Waals surface area contributed by atoms with Gasteiger partial charge in [0.1, 0.15) is 0 Å². The van der Waals surface area contributed by atoms with Gasteiger partial charge in [0.2, 0.25) is 5.91 Å². The number of amides is 1. The number of rotatable bonds is 2. The van der Waals surface area contributed by atoms with Gasteiger partial charge in [0, 0.05) is 32.1 Å². The third kappa shape index (κ3) is 3.95. The molecule has 0 aromatic heterocycles. The Balaban J connectivity index is 1.95. The zero-order valence-electron chi connectivity index (χ0n) is 12.9. The molecule has 0 unspecified atom stereocenters. The minimum Gasteiger partial charge on any atom is -0.337 e. The average Bonchev–Trinajstić information content (AvgIpc) is 2.39. The lowest BCUT2D eigenvalue weighted by Gasteiger charge is -2.44. The monoisotopic (exact) mass is 266 g/mol. The second kappa shape index (κ2) is 6.25. The van der Waals surface area contributed by atoms with Gasteiger partial charge < -0.3 is 10.2 Å². The summed E-state index contributed by atoms with van der Waals surface area (Å²) < 4.78 is 0. The fraction of sp³-hybridized carbons (Fsp3) is 0.938. The van der Waals surface area contributed by atoms with Crippen LogP contribution in [0.25, 0.3) is 0 Å². The molecule has 0 spiro atoms. The van der Waals surface area contributed by atoms with Gasteiger partial charge in [0.15, 0.2) is 0 Å². The minimum absolute atomic E-state index is 0.162. The predicted molar refractivity (Wildman–Crippen MR) is 79.0 cm³/mol. The van der Waals surface area contributed by atoms with E-state index in [1.165, 1.54) is 32.1 Å². The van der Waals surface area contributed by atoms with E-state index in [0.29, 0.717) is 17.9 Å². The first kappa shape index (κ1) is 14.8. The summed E-state index contributed by atoms with van der Waals surface area (Å²) in [6.45, 7) is 9.50. The molecule has 1 heterocycles. The van der Waals surface area contributed by atoms with Gasteiger partial charge in [-0.15, -0.1) is 0 Å². The van der Waals surface area contributed by atoms with Gasteiger partial charge in [-0.3, -0.25) is 4.79 Å². The molecule has 1 aliphatic heterocycles. The van der Waals surface area contributed by atoms with E-state index in [1.54, 1.807) is 0 Å². The van der Waals surface area contributed by atoms with E-state index in [9.17, 15) is 4.79 Å². The van der Waals surface area contributed by atoms with Crippen molar-refractivity contribution in [3.05, 3.63) is 0 Å². The van der Waals surface area contributed by atoms with Crippen LogP contribution < -0.4 is 5.32 Å². The highest BCUT2D eigenvalue weighted by molar-refractivity contribution is 5.77. The molecule has 0 radical (unpaired) electrons. The van der Waals surface area contributed by atoms with Crippen LogP contribution in [0, 0.1) is 11.3 Å². The van der Waals surface area contributed by atoms with E-state index in [-0.39, 0.29) is 5.41 Å². The summed E-state index contributed by atoms with van der Waals surface area (Å²) in [4.78, 5) is 14.8. The number of nitrogens with zero attached hydrogens (tertiary/aromatic N) is 1. The lowest BCUT2D eigenvalue weighted by Crippen LogP contribution is -2.58. The number of carbonyl (C=O) groups is 1. The summed E-state index contributed by atoms with van der Waals surface area (Å²) in [5.74, 6) is 1.05. The first-order chi connectivity index (χ1) is 8.98. The highest BCUT2D eigenvalue weighted by Gasteiger charge is 2.35. The van der Waals surface area contributed by atoms with Gasteiger partial charge in [-0.1, -0.05) is 40.0 Å². The Hall–Kier alpha value is -0.570. The lowest BCUT2D eigenvalue weighted by atomic mass is 9.83. The number of piperazine rings is 1. The molecule has 1 aliphatic carbocycles.